The van der Waals surface area contributed by atoms with Crippen LogP contribution < -0.4 is 4.74 Å². The van der Waals surface area contributed by atoms with Crippen molar-refractivity contribution in [2.45, 2.75) is 32.9 Å². The van der Waals surface area contributed by atoms with Gasteiger partial charge in [0.2, 0.25) is 0 Å². The molecule has 27 heavy (non-hydrogen) atoms. The number of aromatic nitrogens is 3. The average Bonchev–Trinajstić information content (AvgIpc) is 3.30. The van der Waals surface area contributed by atoms with Crippen LogP contribution in [0.2, 0.25) is 0 Å². The van der Waals surface area contributed by atoms with E-state index in [0.717, 1.165) is 43.2 Å². The second kappa shape index (κ2) is 7.92. The first kappa shape index (κ1) is 17.7. The fourth-order valence-corrected chi connectivity index (χ4v) is 3.95. The van der Waals surface area contributed by atoms with Gasteiger partial charge in [-0.05, 0) is 38.5 Å². The van der Waals surface area contributed by atoms with Gasteiger partial charge in [0, 0.05) is 61.1 Å². The molecule has 4 rings (SSSR count). The minimum Gasteiger partial charge on any atom is -0.494 e. The fourth-order valence-electron chi connectivity index (χ4n) is 3.95. The van der Waals surface area contributed by atoms with Crippen LogP contribution in [0.1, 0.15) is 30.6 Å². The predicted molar refractivity (Wildman–Crippen MR) is 107 cm³/mol. The van der Waals surface area contributed by atoms with Crippen LogP contribution in [0.5, 0.6) is 5.75 Å². The molecule has 140 valence electrons. The number of likely N-dealkylation sites (tertiary alicyclic amines) is 1. The Kier molecular flexibility index (Phi) is 5.21. The SMILES string of the molecule is CCOc1ccccc1CN1CCC(n2c(C)cnc2-c2cccnc2)C1. The van der Waals surface area contributed by atoms with E-state index in [1.165, 1.54) is 11.3 Å². The van der Waals surface area contributed by atoms with Crippen LogP contribution in [-0.4, -0.2) is 39.1 Å². The molecule has 5 heteroatoms. The topological polar surface area (TPSA) is 43.2 Å². The molecular weight excluding hydrogens is 336 g/mol. The first-order valence-electron chi connectivity index (χ1n) is 9.63. The van der Waals surface area contributed by atoms with Gasteiger partial charge < -0.3 is 9.30 Å². The molecule has 1 saturated heterocycles. The molecule has 1 aromatic carbocycles. The first-order chi connectivity index (χ1) is 13.3. The maximum Gasteiger partial charge on any atom is 0.141 e. The maximum atomic E-state index is 5.79. The highest BCUT2D eigenvalue weighted by Gasteiger charge is 2.27. The lowest BCUT2D eigenvalue weighted by molar-refractivity contribution is 0.296. The molecule has 0 saturated carbocycles. The van der Waals surface area contributed by atoms with Gasteiger partial charge in [0.25, 0.3) is 0 Å². The van der Waals surface area contributed by atoms with E-state index in [2.05, 4.69) is 50.6 Å². The molecule has 2 aromatic heterocycles. The summed E-state index contributed by atoms with van der Waals surface area (Å²) in [5.41, 5.74) is 3.54. The third-order valence-electron chi connectivity index (χ3n) is 5.18. The largest absolute Gasteiger partial charge is 0.494 e. The van der Waals surface area contributed by atoms with Gasteiger partial charge in [-0.15, -0.1) is 0 Å². The zero-order chi connectivity index (χ0) is 18.6. The molecule has 0 bridgehead atoms. The molecule has 1 unspecified atom stereocenters. The monoisotopic (exact) mass is 362 g/mol. The molecule has 0 aliphatic carbocycles. The predicted octanol–water partition coefficient (Wildman–Crippen LogP) is 4.10. The summed E-state index contributed by atoms with van der Waals surface area (Å²) in [5, 5.41) is 0. The van der Waals surface area contributed by atoms with Crippen molar-refractivity contribution < 1.29 is 4.74 Å². The Balaban J connectivity index is 1.52. The summed E-state index contributed by atoms with van der Waals surface area (Å²) in [6.45, 7) is 7.88. The molecule has 1 fully saturated rings. The molecule has 0 N–H and O–H groups in total. The van der Waals surface area contributed by atoms with Gasteiger partial charge in [0.05, 0.1) is 6.61 Å². The molecule has 1 aliphatic heterocycles. The highest BCUT2D eigenvalue weighted by molar-refractivity contribution is 5.54. The van der Waals surface area contributed by atoms with Crippen LogP contribution in [0.3, 0.4) is 0 Å². The number of benzene rings is 1. The number of para-hydroxylation sites is 1. The molecule has 1 aliphatic rings. The van der Waals surface area contributed by atoms with Crippen molar-refractivity contribution in [3.63, 3.8) is 0 Å². The van der Waals surface area contributed by atoms with Crippen LogP contribution in [0.15, 0.2) is 55.0 Å². The third-order valence-corrected chi connectivity index (χ3v) is 5.18. The summed E-state index contributed by atoms with van der Waals surface area (Å²) in [5.74, 6) is 2.01. The van der Waals surface area contributed by atoms with Crippen LogP contribution >= 0.6 is 0 Å². The summed E-state index contributed by atoms with van der Waals surface area (Å²) in [4.78, 5) is 11.4. The van der Waals surface area contributed by atoms with E-state index >= 15 is 0 Å². The summed E-state index contributed by atoms with van der Waals surface area (Å²) in [7, 11) is 0. The molecular formula is C22H26N4O. The Morgan fingerprint density at radius 1 is 1.15 bits per heavy atom. The van der Waals surface area contributed by atoms with E-state index in [9.17, 15) is 0 Å². The number of nitrogens with zero attached hydrogens (tertiary/aromatic N) is 4. The fraction of sp³-hybridized carbons (Fsp3) is 0.364. The Labute approximate surface area is 160 Å². The second-order valence-electron chi connectivity index (χ2n) is 7.05. The lowest BCUT2D eigenvalue weighted by Gasteiger charge is -2.20. The number of aryl methyl sites for hydroxylation is 1. The van der Waals surface area contributed by atoms with Crippen LogP contribution in [0.4, 0.5) is 0 Å². The third kappa shape index (κ3) is 3.74. The van der Waals surface area contributed by atoms with Gasteiger partial charge in [-0.1, -0.05) is 18.2 Å². The molecule has 0 radical (unpaired) electrons. The van der Waals surface area contributed by atoms with Gasteiger partial charge >= 0.3 is 0 Å². The van der Waals surface area contributed by atoms with Gasteiger partial charge in [-0.3, -0.25) is 9.88 Å². The molecule has 3 aromatic rings. The number of ether oxygens (including phenoxy) is 1. The van der Waals surface area contributed by atoms with Gasteiger partial charge in [0.15, 0.2) is 0 Å². The quantitative estimate of drug-likeness (QED) is 0.662. The van der Waals surface area contributed by atoms with Gasteiger partial charge in [-0.2, -0.15) is 0 Å². The van der Waals surface area contributed by atoms with Gasteiger partial charge in [-0.25, -0.2) is 4.98 Å². The minimum atomic E-state index is 0.432. The van der Waals surface area contributed by atoms with E-state index in [4.69, 9.17) is 4.74 Å². The zero-order valence-electron chi connectivity index (χ0n) is 16.0. The number of pyridine rings is 1. The molecule has 0 spiro atoms. The van der Waals surface area contributed by atoms with Crippen LogP contribution in [0.25, 0.3) is 11.4 Å². The Morgan fingerprint density at radius 2 is 2.04 bits per heavy atom. The number of hydrogen-bond acceptors (Lipinski definition) is 4. The van der Waals surface area contributed by atoms with Crippen molar-refractivity contribution in [1.29, 1.82) is 0 Å². The molecule has 5 nitrogen and oxygen atoms in total. The summed E-state index contributed by atoms with van der Waals surface area (Å²) in [6, 6.07) is 12.8. The molecule has 1 atom stereocenters. The summed E-state index contributed by atoms with van der Waals surface area (Å²) in [6.07, 6.45) is 6.79. The van der Waals surface area contributed by atoms with E-state index in [1.54, 1.807) is 6.20 Å². The highest BCUT2D eigenvalue weighted by atomic mass is 16.5. The van der Waals surface area contributed by atoms with Crippen molar-refractivity contribution in [2.75, 3.05) is 19.7 Å². The zero-order valence-corrected chi connectivity index (χ0v) is 16.0. The van der Waals surface area contributed by atoms with Crippen molar-refractivity contribution >= 4 is 0 Å². The van der Waals surface area contributed by atoms with Gasteiger partial charge in [0.1, 0.15) is 11.6 Å². The molecule has 0 amide bonds. The standard InChI is InChI=1S/C22H26N4O/c1-3-27-21-9-5-4-7-19(21)15-25-12-10-20(16-25)26-17(2)13-24-22(26)18-8-6-11-23-14-18/h4-9,11,13-14,20H,3,10,12,15-16H2,1-2H3. The van der Waals surface area contributed by atoms with Crippen molar-refractivity contribution in [3.05, 3.63) is 66.2 Å². The Morgan fingerprint density at radius 3 is 2.85 bits per heavy atom. The van der Waals surface area contributed by atoms with Crippen LogP contribution in [0, 0.1) is 6.92 Å². The molecule has 3 heterocycles. The smallest absolute Gasteiger partial charge is 0.141 e. The van der Waals surface area contributed by atoms with Crippen LogP contribution in [-0.2, 0) is 6.54 Å². The Hall–Kier alpha value is -2.66. The van der Waals surface area contributed by atoms with Crippen molar-refractivity contribution in [3.8, 4) is 17.1 Å². The Bertz CT molecular complexity index is 890. The first-order valence-corrected chi connectivity index (χ1v) is 9.63. The normalized spacial score (nSPS) is 17.3. The van der Waals surface area contributed by atoms with E-state index in [0.29, 0.717) is 12.6 Å². The lowest BCUT2D eigenvalue weighted by atomic mass is 10.2. The van der Waals surface area contributed by atoms with E-state index < -0.39 is 0 Å². The number of hydrogen-bond donors (Lipinski definition) is 0. The summed E-state index contributed by atoms with van der Waals surface area (Å²) < 4.78 is 8.17. The maximum absolute atomic E-state index is 5.79. The summed E-state index contributed by atoms with van der Waals surface area (Å²) >= 11 is 0. The van der Waals surface area contributed by atoms with Crippen molar-refractivity contribution in [1.82, 2.24) is 19.4 Å². The lowest BCUT2D eigenvalue weighted by Crippen LogP contribution is -2.22. The second-order valence-corrected chi connectivity index (χ2v) is 7.05. The minimum absolute atomic E-state index is 0.432. The van der Waals surface area contributed by atoms with Crippen molar-refractivity contribution in [2.24, 2.45) is 0 Å². The average molecular weight is 362 g/mol. The number of imidazole rings is 1. The van der Waals surface area contributed by atoms with E-state index in [-0.39, 0.29) is 0 Å². The van der Waals surface area contributed by atoms with E-state index in [1.807, 2.05) is 31.5 Å². The number of rotatable bonds is 6. The highest BCUT2D eigenvalue weighted by Crippen LogP contribution is 2.31.